The van der Waals surface area contributed by atoms with Crippen molar-refractivity contribution in [1.29, 1.82) is 0 Å². The minimum atomic E-state index is -4.89. The number of rotatable bonds is 7. The standard InChI is InChI=1S/C28H29F4N3O4S2/c1-19(36)35(23-13-9-21(29)10-14-23)18-24-17-33(41(38,39)26-6-4-3-5-25(26)40)15-16-34(24)22-11-7-20(8-12-22)27(2,37)28(30,31)32/h3-14,24,37,40H,15-18H2,1-2H3/t24-,27?/m1/s1. The molecule has 1 saturated heterocycles. The van der Waals surface area contributed by atoms with E-state index in [0.29, 0.717) is 18.3 Å². The van der Waals surface area contributed by atoms with Gasteiger partial charge in [0, 0.05) is 49.4 Å². The zero-order valence-electron chi connectivity index (χ0n) is 22.2. The lowest BCUT2D eigenvalue weighted by molar-refractivity contribution is -0.258. The Bertz CT molecular complexity index is 1500. The quantitative estimate of drug-likeness (QED) is 0.296. The van der Waals surface area contributed by atoms with E-state index < -0.39 is 33.7 Å². The predicted molar refractivity (Wildman–Crippen MR) is 150 cm³/mol. The van der Waals surface area contributed by atoms with Crippen molar-refractivity contribution in [2.45, 2.75) is 41.5 Å². The molecule has 1 aliphatic heterocycles. The van der Waals surface area contributed by atoms with E-state index in [1.807, 2.05) is 4.90 Å². The Kier molecular flexibility index (Phi) is 8.74. The van der Waals surface area contributed by atoms with Gasteiger partial charge in [0.1, 0.15) is 5.82 Å². The second-order valence-corrected chi connectivity index (χ2v) is 12.3. The summed E-state index contributed by atoms with van der Waals surface area (Å²) in [6, 6.07) is 16.1. The van der Waals surface area contributed by atoms with Crippen molar-refractivity contribution in [2.75, 3.05) is 36.0 Å². The molecule has 7 nitrogen and oxygen atoms in total. The third-order valence-corrected chi connectivity index (χ3v) is 9.62. The summed E-state index contributed by atoms with van der Waals surface area (Å²) < 4.78 is 82.1. The summed E-state index contributed by atoms with van der Waals surface area (Å²) in [6.07, 6.45) is -4.89. The van der Waals surface area contributed by atoms with Crippen LogP contribution in [0.25, 0.3) is 0 Å². The van der Waals surface area contributed by atoms with Crippen LogP contribution in [0.4, 0.5) is 28.9 Å². The highest BCUT2D eigenvalue weighted by molar-refractivity contribution is 7.90. The van der Waals surface area contributed by atoms with Gasteiger partial charge in [-0.15, -0.1) is 12.6 Å². The average Bonchev–Trinajstić information content (AvgIpc) is 2.91. The van der Waals surface area contributed by atoms with Gasteiger partial charge in [0.05, 0.1) is 10.9 Å². The molecule has 2 atom stereocenters. The number of piperazine rings is 1. The first kappa shape index (κ1) is 30.8. The highest BCUT2D eigenvalue weighted by Crippen LogP contribution is 2.39. The fourth-order valence-corrected chi connectivity index (χ4v) is 6.80. The molecule has 4 rings (SSSR count). The smallest absolute Gasteiger partial charge is 0.376 e. The first-order valence-electron chi connectivity index (χ1n) is 12.6. The number of nitrogens with zero attached hydrogens (tertiary/aromatic N) is 3. The van der Waals surface area contributed by atoms with Gasteiger partial charge in [-0.25, -0.2) is 12.8 Å². The van der Waals surface area contributed by atoms with E-state index in [-0.39, 0.29) is 47.4 Å². The summed E-state index contributed by atoms with van der Waals surface area (Å²) in [4.78, 5) is 16.2. The lowest BCUT2D eigenvalue weighted by atomic mass is 9.95. The van der Waals surface area contributed by atoms with Crippen molar-refractivity contribution in [3.8, 4) is 0 Å². The van der Waals surface area contributed by atoms with Gasteiger partial charge in [-0.1, -0.05) is 24.3 Å². The molecule has 1 aliphatic rings. The molecule has 1 N–H and O–H groups in total. The number of hydrogen-bond acceptors (Lipinski definition) is 6. The number of carbonyl (C=O) groups is 1. The Labute approximate surface area is 241 Å². The molecule has 0 saturated carbocycles. The lowest BCUT2D eigenvalue weighted by Crippen LogP contribution is -2.59. The maximum atomic E-state index is 13.6. The van der Waals surface area contributed by atoms with Crippen LogP contribution in [0.2, 0.25) is 0 Å². The molecule has 13 heteroatoms. The minimum Gasteiger partial charge on any atom is -0.376 e. The maximum absolute atomic E-state index is 13.6. The van der Waals surface area contributed by atoms with Gasteiger partial charge in [0.25, 0.3) is 0 Å². The Morgan fingerprint density at radius 2 is 1.63 bits per heavy atom. The fourth-order valence-electron chi connectivity index (χ4n) is 4.74. The molecule has 1 fully saturated rings. The summed E-state index contributed by atoms with van der Waals surface area (Å²) in [6.45, 7) is 2.15. The molecule has 0 bridgehead atoms. The molecular formula is C28H29F4N3O4S2. The van der Waals surface area contributed by atoms with Crippen LogP contribution in [0.15, 0.2) is 82.6 Å². The number of aliphatic hydroxyl groups is 1. The monoisotopic (exact) mass is 611 g/mol. The average molecular weight is 612 g/mol. The van der Waals surface area contributed by atoms with Crippen molar-refractivity contribution in [2.24, 2.45) is 0 Å². The number of carbonyl (C=O) groups excluding carboxylic acids is 1. The molecule has 1 amide bonds. The molecule has 0 aliphatic carbocycles. The fraction of sp³-hybridized carbons (Fsp3) is 0.321. The Balaban J connectivity index is 1.70. The topological polar surface area (TPSA) is 81.2 Å². The number of anilines is 2. The van der Waals surface area contributed by atoms with Gasteiger partial charge in [0.15, 0.2) is 5.60 Å². The van der Waals surface area contributed by atoms with Crippen LogP contribution in [0.5, 0.6) is 0 Å². The predicted octanol–water partition coefficient (Wildman–Crippen LogP) is 4.82. The third-order valence-electron chi connectivity index (χ3n) is 7.15. The Morgan fingerprint density at radius 3 is 2.20 bits per heavy atom. The molecule has 0 spiro atoms. The number of benzene rings is 3. The number of hydrogen-bond donors (Lipinski definition) is 2. The lowest BCUT2D eigenvalue weighted by Gasteiger charge is -2.44. The second kappa shape index (κ2) is 11.6. The van der Waals surface area contributed by atoms with E-state index in [9.17, 15) is 35.9 Å². The molecule has 220 valence electrons. The zero-order valence-corrected chi connectivity index (χ0v) is 23.9. The second-order valence-electron chi connectivity index (χ2n) is 9.90. The normalized spacial score (nSPS) is 18.1. The van der Waals surface area contributed by atoms with Gasteiger partial charge in [-0.05, 0) is 61.0 Å². The van der Waals surface area contributed by atoms with Gasteiger partial charge >= 0.3 is 6.18 Å². The van der Waals surface area contributed by atoms with E-state index in [1.165, 1.54) is 70.7 Å². The van der Waals surface area contributed by atoms with Crippen molar-refractivity contribution in [3.05, 3.63) is 84.2 Å². The van der Waals surface area contributed by atoms with Gasteiger partial charge < -0.3 is 14.9 Å². The molecule has 0 aromatic heterocycles. The number of amides is 1. The van der Waals surface area contributed by atoms with Crippen LogP contribution in [0.1, 0.15) is 19.4 Å². The minimum absolute atomic E-state index is 0.00246. The summed E-state index contributed by atoms with van der Waals surface area (Å²) in [5, 5.41) is 10.1. The molecule has 0 radical (unpaired) electrons. The van der Waals surface area contributed by atoms with Crippen LogP contribution in [0, 0.1) is 5.82 Å². The number of halogens is 4. The van der Waals surface area contributed by atoms with Gasteiger partial charge in [-0.2, -0.15) is 17.5 Å². The summed E-state index contributed by atoms with van der Waals surface area (Å²) in [7, 11) is -3.98. The number of sulfonamides is 1. The van der Waals surface area contributed by atoms with E-state index in [4.69, 9.17) is 0 Å². The van der Waals surface area contributed by atoms with Crippen molar-refractivity contribution < 1.29 is 35.9 Å². The zero-order chi connectivity index (χ0) is 30.2. The molecule has 41 heavy (non-hydrogen) atoms. The molecule has 1 unspecified atom stereocenters. The van der Waals surface area contributed by atoms with E-state index in [2.05, 4.69) is 12.6 Å². The first-order valence-corrected chi connectivity index (χ1v) is 14.5. The first-order chi connectivity index (χ1) is 19.1. The Hall–Kier alpha value is -3.13. The van der Waals surface area contributed by atoms with Gasteiger partial charge in [-0.3, -0.25) is 4.79 Å². The van der Waals surface area contributed by atoms with Crippen LogP contribution < -0.4 is 9.80 Å². The summed E-state index contributed by atoms with van der Waals surface area (Å²) in [5.74, 6) is -0.858. The number of alkyl halides is 3. The van der Waals surface area contributed by atoms with Crippen molar-refractivity contribution >= 4 is 39.9 Å². The highest BCUT2D eigenvalue weighted by Gasteiger charge is 2.51. The summed E-state index contributed by atoms with van der Waals surface area (Å²) >= 11 is 4.30. The van der Waals surface area contributed by atoms with Crippen molar-refractivity contribution in [3.63, 3.8) is 0 Å². The van der Waals surface area contributed by atoms with Crippen LogP contribution in [0.3, 0.4) is 0 Å². The summed E-state index contributed by atoms with van der Waals surface area (Å²) in [5.41, 5.74) is -2.54. The van der Waals surface area contributed by atoms with Crippen LogP contribution >= 0.6 is 12.6 Å². The van der Waals surface area contributed by atoms with Gasteiger partial charge in [0.2, 0.25) is 15.9 Å². The van der Waals surface area contributed by atoms with E-state index in [0.717, 1.165) is 0 Å². The molecule has 3 aromatic carbocycles. The number of thiol groups is 1. The van der Waals surface area contributed by atoms with E-state index >= 15 is 0 Å². The maximum Gasteiger partial charge on any atom is 0.421 e. The van der Waals surface area contributed by atoms with E-state index in [1.54, 1.807) is 18.2 Å². The van der Waals surface area contributed by atoms with Crippen molar-refractivity contribution in [1.82, 2.24) is 4.31 Å². The Morgan fingerprint density at radius 1 is 1.02 bits per heavy atom. The van der Waals surface area contributed by atoms with Crippen LogP contribution in [-0.2, 0) is 20.4 Å². The molecular weight excluding hydrogens is 582 g/mol. The molecule has 3 aromatic rings. The largest absolute Gasteiger partial charge is 0.421 e. The third kappa shape index (κ3) is 6.37. The molecule has 1 heterocycles. The van der Waals surface area contributed by atoms with Crippen LogP contribution in [-0.4, -0.2) is 62.1 Å². The SMILES string of the molecule is CC(=O)N(C[C@H]1CN(S(=O)(=O)c2ccccc2S)CCN1c1ccc(C(C)(O)C(F)(F)F)cc1)c1ccc(F)cc1. The highest BCUT2D eigenvalue weighted by atomic mass is 32.2.